The van der Waals surface area contributed by atoms with E-state index in [1.165, 1.54) is 0 Å². The lowest BCUT2D eigenvalue weighted by Crippen LogP contribution is -2.08. The molecule has 0 amide bonds. The summed E-state index contributed by atoms with van der Waals surface area (Å²) in [5, 5.41) is 0. The number of carbonyl (C=O) groups excluding carboxylic acids is 1. The second kappa shape index (κ2) is 6.84. The zero-order valence-corrected chi connectivity index (χ0v) is 9.93. The van der Waals surface area contributed by atoms with Gasteiger partial charge in [-0.1, -0.05) is 49.3 Å². The number of ketones is 1. The van der Waals surface area contributed by atoms with Crippen LogP contribution in [-0.4, -0.2) is 17.3 Å². The fraction of sp³-hybridized carbons (Fsp3) is 0.889. The van der Waals surface area contributed by atoms with Gasteiger partial charge >= 0.3 is 0 Å². The van der Waals surface area contributed by atoms with Crippen LogP contribution in [0.25, 0.3) is 0 Å². The van der Waals surface area contributed by atoms with Gasteiger partial charge in [0, 0.05) is 11.7 Å². The van der Waals surface area contributed by atoms with Gasteiger partial charge in [0.1, 0.15) is 5.78 Å². The normalized spacial score (nSPS) is 11.2. The highest BCUT2D eigenvalue weighted by Crippen LogP contribution is 2.24. The molecule has 0 N–H and O–H groups in total. The molecule has 0 saturated heterocycles. The first kappa shape index (κ1) is 12.4. The maximum atomic E-state index is 11.2. The lowest BCUT2D eigenvalue weighted by Gasteiger charge is -2.04. The van der Waals surface area contributed by atoms with Crippen LogP contribution < -0.4 is 0 Å². The van der Waals surface area contributed by atoms with Gasteiger partial charge in [-0.25, -0.2) is 0 Å². The minimum atomic E-state index is 0.192. The zero-order chi connectivity index (χ0) is 9.56. The first-order chi connectivity index (χ1) is 5.54. The molecule has 0 aliphatic carbocycles. The van der Waals surface area contributed by atoms with Crippen LogP contribution in [0.4, 0.5) is 0 Å². The molecule has 0 aromatic carbocycles. The molecule has 0 rings (SSSR count). The van der Waals surface area contributed by atoms with E-state index in [1.54, 1.807) is 21.6 Å². The third-order valence-corrected chi connectivity index (χ3v) is 3.96. The predicted octanol–water partition coefficient (Wildman–Crippen LogP) is 3.25. The summed E-state index contributed by atoms with van der Waals surface area (Å²) in [4.78, 5) is 11.2. The average Bonchev–Trinajstić information content (AvgIpc) is 1.97. The molecule has 0 heterocycles. The highest BCUT2D eigenvalue weighted by Gasteiger charge is 2.06. The van der Waals surface area contributed by atoms with E-state index in [4.69, 9.17) is 0 Å². The van der Waals surface area contributed by atoms with E-state index < -0.39 is 0 Å². The van der Waals surface area contributed by atoms with Gasteiger partial charge in [0.25, 0.3) is 0 Å². The molecule has 72 valence electrons. The molecule has 1 nitrogen and oxygen atoms in total. The molecule has 12 heavy (non-hydrogen) atoms. The zero-order valence-electron chi connectivity index (χ0n) is 8.29. The van der Waals surface area contributed by atoms with E-state index in [2.05, 4.69) is 13.8 Å². The standard InChI is InChI=1S/C9H18OS2/c1-7(2)5-11-12-6-9(10)8(3)4/h7-8H,5-6H2,1-4H3. The van der Waals surface area contributed by atoms with Crippen molar-refractivity contribution in [3.63, 3.8) is 0 Å². The van der Waals surface area contributed by atoms with Gasteiger partial charge in [-0.3, -0.25) is 4.79 Å². The summed E-state index contributed by atoms with van der Waals surface area (Å²) in [5.41, 5.74) is 0. The number of carbonyl (C=O) groups is 1. The molecule has 0 atom stereocenters. The maximum Gasteiger partial charge on any atom is 0.146 e. The molecule has 0 aliphatic heterocycles. The van der Waals surface area contributed by atoms with Gasteiger partial charge in [-0.05, 0) is 5.92 Å². The Morgan fingerprint density at radius 3 is 2.17 bits per heavy atom. The van der Waals surface area contributed by atoms with Crippen molar-refractivity contribution in [1.29, 1.82) is 0 Å². The van der Waals surface area contributed by atoms with Crippen LogP contribution in [0.15, 0.2) is 0 Å². The quantitative estimate of drug-likeness (QED) is 0.490. The smallest absolute Gasteiger partial charge is 0.146 e. The van der Waals surface area contributed by atoms with Crippen molar-refractivity contribution >= 4 is 27.4 Å². The number of rotatable bonds is 6. The van der Waals surface area contributed by atoms with E-state index in [-0.39, 0.29) is 5.92 Å². The molecule has 0 spiro atoms. The summed E-state index contributed by atoms with van der Waals surface area (Å²) in [6.07, 6.45) is 0. The highest BCUT2D eigenvalue weighted by atomic mass is 33.1. The fourth-order valence-corrected chi connectivity index (χ4v) is 3.06. The summed E-state index contributed by atoms with van der Waals surface area (Å²) >= 11 is 0. The third kappa shape index (κ3) is 7.04. The van der Waals surface area contributed by atoms with Gasteiger partial charge < -0.3 is 0 Å². The summed E-state index contributed by atoms with van der Waals surface area (Å²) < 4.78 is 0. The molecule has 0 unspecified atom stereocenters. The topological polar surface area (TPSA) is 17.1 Å². The monoisotopic (exact) mass is 206 g/mol. The Kier molecular flexibility index (Phi) is 7.05. The van der Waals surface area contributed by atoms with Crippen molar-refractivity contribution < 1.29 is 4.79 Å². The van der Waals surface area contributed by atoms with Gasteiger partial charge in [0.2, 0.25) is 0 Å². The average molecular weight is 206 g/mol. The van der Waals surface area contributed by atoms with Crippen LogP contribution in [-0.2, 0) is 4.79 Å². The van der Waals surface area contributed by atoms with Gasteiger partial charge in [0.15, 0.2) is 0 Å². The Hall–Kier alpha value is 0.370. The fourth-order valence-electron chi connectivity index (χ4n) is 0.451. The summed E-state index contributed by atoms with van der Waals surface area (Å²) in [5.74, 6) is 3.07. The predicted molar refractivity (Wildman–Crippen MR) is 59.6 cm³/mol. The van der Waals surface area contributed by atoms with E-state index >= 15 is 0 Å². The Balaban J connectivity index is 3.26. The molecule has 0 aromatic rings. The molecule has 0 bridgehead atoms. The maximum absolute atomic E-state index is 11.2. The van der Waals surface area contributed by atoms with E-state index in [9.17, 15) is 4.79 Å². The van der Waals surface area contributed by atoms with E-state index in [1.807, 2.05) is 13.8 Å². The lowest BCUT2D eigenvalue weighted by molar-refractivity contribution is -0.119. The van der Waals surface area contributed by atoms with Crippen molar-refractivity contribution in [1.82, 2.24) is 0 Å². The summed E-state index contributed by atoms with van der Waals surface area (Å²) in [6, 6.07) is 0. The van der Waals surface area contributed by atoms with Gasteiger partial charge in [-0.2, -0.15) is 0 Å². The Morgan fingerprint density at radius 2 is 1.75 bits per heavy atom. The SMILES string of the molecule is CC(C)CSSCC(=O)C(C)C. The molecule has 0 saturated carbocycles. The van der Waals surface area contributed by atoms with Crippen molar-refractivity contribution in [3.8, 4) is 0 Å². The van der Waals surface area contributed by atoms with Crippen molar-refractivity contribution in [2.45, 2.75) is 27.7 Å². The van der Waals surface area contributed by atoms with Crippen LogP contribution >= 0.6 is 21.6 Å². The molecule has 0 fully saturated rings. The lowest BCUT2D eigenvalue weighted by atomic mass is 10.1. The second-order valence-corrected chi connectivity index (χ2v) is 6.07. The molecule has 0 aromatic heterocycles. The highest BCUT2D eigenvalue weighted by molar-refractivity contribution is 8.76. The number of Topliss-reactive ketones (excluding diaryl/α,β-unsaturated/α-hetero) is 1. The third-order valence-electron chi connectivity index (χ3n) is 1.33. The van der Waals surface area contributed by atoms with Gasteiger partial charge in [-0.15, -0.1) is 0 Å². The first-order valence-corrected chi connectivity index (χ1v) is 6.80. The molecule has 0 radical (unpaired) electrons. The number of hydrogen-bond acceptors (Lipinski definition) is 3. The second-order valence-electron chi connectivity index (χ2n) is 3.56. The molecule has 3 heteroatoms. The molecule has 0 aliphatic rings. The van der Waals surface area contributed by atoms with Crippen LogP contribution in [0.2, 0.25) is 0 Å². The van der Waals surface area contributed by atoms with E-state index in [0.29, 0.717) is 11.5 Å². The van der Waals surface area contributed by atoms with Crippen LogP contribution in [0.3, 0.4) is 0 Å². The largest absolute Gasteiger partial charge is 0.298 e. The van der Waals surface area contributed by atoms with Crippen LogP contribution in [0, 0.1) is 11.8 Å². The Morgan fingerprint density at radius 1 is 1.17 bits per heavy atom. The van der Waals surface area contributed by atoms with Crippen molar-refractivity contribution in [2.75, 3.05) is 11.5 Å². The van der Waals surface area contributed by atoms with E-state index in [0.717, 1.165) is 11.7 Å². The minimum Gasteiger partial charge on any atom is -0.298 e. The van der Waals surface area contributed by atoms with Crippen LogP contribution in [0.5, 0.6) is 0 Å². The molecular weight excluding hydrogens is 188 g/mol. The summed E-state index contributed by atoms with van der Waals surface area (Å²) in [7, 11) is 3.49. The van der Waals surface area contributed by atoms with Crippen LogP contribution in [0.1, 0.15) is 27.7 Å². The van der Waals surface area contributed by atoms with Crippen molar-refractivity contribution in [3.05, 3.63) is 0 Å². The number of hydrogen-bond donors (Lipinski definition) is 0. The summed E-state index contributed by atoms with van der Waals surface area (Å²) in [6.45, 7) is 8.29. The molecular formula is C9H18OS2. The Bertz CT molecular complexity index is 132. The Labute approximate surface area is 83.5 Å². The minimum absolute atomic E-state index is 0.192. The first-order valence-electron chi connectivity index (χ1n) is 4.31. The van der Waals surface area contributed by atoms with Gasteiger partial charge in [0.05, 0.1) is 5.75 Å². The van der Waals surface area contributed by atoms with Crippen molar-refractivity contribution in [2.24, 2.45) is 11.8 Å².